The largest absolute Gasteiger partial charge is 0.340 e. The lowest BCUT2D eigenvalue weighted by Gasteiger charge is -2.29. The molecule has 0 N–H and O–H groups in total. The number of carbonyl (C=O) groups excluding carboxylic acids is 1. The molecule has 0 bridgehead atoms. The normalized spacial score (nSPS) is 19.1. The fourth-order valence-electron chi connectivity index (χ4n) is 2.38. The van der Waals surface area contributed by atoms with Gasteiger partial charge in [-0.3, -0.25) is 4.79 Å². The molecule has 0 spiro atoms. The Morgan fingerprint density at radius 1 is 1.41 bits per heavy atom. The van der Waals surface area contributed by atoms with Crippen molar-refractivity contribution in [2.75, 3.05) is 13.1 Å². The van der Waals surface area contributed by atoms with Crippen LogP contribution in [0.2, 0.25) is 0 Å². The molecule has 1 aliphatic carbocycles. The molecule has 4 nitrogen and oxygen atoms in total. The Morgan fingerprint density at radius 2 is 2.00 bits per heavy atom. The van der Waals surface area contributed by atoms with E-state index in [-0.39, 0.29) is 11.8 Å². The zero-order valence-electron chi connectivity index (χ0n) is 10.6. The van der Waals surface area contributed by atoms with Gasteiger partial charge in [-0.05, 0) is 26.7 Å². The first kappa shape index (κ1) is 13.5. The zero-order valence-corrected chi connectivity index (χ0v) is 10.6. The molecule has 0 saturated heterocycles. The molecule has 4 heteroatoms. The molecule has 1 unspecified atom stereocenters. The van der Waals surface area contributed by atoms with Crippen molar-refractivity contribution < 1.29 is 4.79 Å². The number of nitrogens with zero attached hydrogens (tertiary/aromatic N) is 3. The van der Waals surface area contributed by atoms with Gasteiger partial charge in [0.1, 0.15) is 5.41 Å². The highest BCUT2D eigenvalue weighted by atomic mass is 16.2. The van der Waals surface area contributed by atoms with Gasteiger partial charge in [0.15, 0.2) is 0 Å². The van der Waals surface area contributed by atoms with Gasteiger partial charge >= 0.3 is 0 Å². The highest BCUT2D eigenvalue weighted by Crippen LogP contribution is 2.39. The van der Waals surface area contributed by atoms with Crippen LogP contribution in [0.25, 0.3) is 0 Å². The molecule has 1 saturated carbocycles. The molecule has 1 fully saturated rings. The Labute approximate surface area is 103 Å². The van der Waals surface area contributed by atoms with E-state index in [2.05, 4.69) is 12.1 Å². The maximum absolute atomic E-state index is 12.4. The quantitative estimate of drug-likeness (QED) is 0.746. The van der Waals surface area contributed by atoms with Crippen LogP contribution in [0, 0.1) is 34.0 Å². The molecule has 0 heterocycles. The lowest BCUT2D eigenvalue weighted by atomic mass is 9.86. The number of nitriles is 2. The van der Waals surface area contributed by atoms with Crippen molar-refractivity contribution in [2.24, 2.45) is 11.3 Å². The van der Waals surface area contributed by atoms with Crippen LogP contribution in [0.5, 0.6) is 0 Å². The summed E-state index contributed by atoms with van der Waals surface area (Å²) in [4.78, 5) is 14.0. The van der Waals surface area contributed by atoms with E-state index >= 15 is 0 Å². The first-order valence-corrected chi connectivity index (χ1v) is 6.20. The average molecular weight is 233 g/mol. The molecule has 0 aliphatic heterocycles. The van der Waals surface area contributed by atoms with Crippen molar-refractivity contribution in [3.63, 3.8) is 0 Å². The second-order valence-corrected chi connectivity index (χ2v) is 4.77. The zero-order chi connectivity index (χ0) is 12.9. The predicted molar refractivity (Wildman–Crippen MR) is 63.5 cm³/mol. The van der Waals surface area contributed by atoms with E-state index in [9.17, 15) is 10.1 Å². The standard InChI is InChI=1S/C13H19N3O/c1-3-16(9-11(2)8-14)12(17)13(10-15)6-4-5-7-13/h11H,3-7,9H2,1-2H3. The Kier molecular flexibility index (Phi) is 4.52. The van der Waals surface area contributed by atoms with Gasteiger partial charge in [0.05, 0.1) is 18.1 Å². The highest BCUT2D eigenvalue weighted by Gasteiger charge is 2.43. The second kappa shape index (κ2) is 5.68. The summed E-state index contributed by atoms with van der Waals surface area (Å²) in [5.41, 5.74) is -0.814. The van der Waals surface area contributed by atoms with Crippen LogP contribution < -0.4 is 0 Å². The maximum Gasteiger partial charge on any atom is 0.243 e. The lowest BCUT2D eigenvalue weighted by Crippen LogP contribution is -2.43. The van der Waals surface area contributed by atoms with Crippen LogP contribution in [0.15, 0.2) is 0 Å². The molecule has 1 atom stereocenters. The Morgan fingerprint density at radius 3 is 2.41 bits per heavy atom. The van der Waals surface area contributed by atoms with Crippen molar-refractivity contribution in [1.82, 2.24) is 4.90 Å². The summed E-state index contributed by atoms with van der Waals surface area (Å²) < 4.78 is 0. The van der Waals surface area contributed by atoms with Gasteiger partial charge in [0.25, 0.3) is 0 Å². The summed E-state index contributed by atoms with van der Waals surface area (Å²) in [5, 5.41) is 18.1. The summed E-state index contributed by atoms with van der Waals surface area (Å²) in [5.74, 6) is -0.266. The monoisotopic (exact) mass is 233 g/mol. The van der Waals surface area contributed by atoms with E-state index < -0.39 is 5.41 Å². The van der Waals surface area contributed by atoms with E-state index in [1.165, 1.54) is 0 Å². The van der Waals surface area contributed by atoms with E-state index in [0.717, 1.165) is 12.8 Å². The van der Waals surface area contributed by atoms with Gasteiger partial charge in [0.2, 0.25) is 5.91 Å². The van der Waals surface area contributed by atoms with E-state index in [1.54, 1.807) is 11.8 Å². The minimum absolute atomic E-state index is 0.0814. The number of rotatable bonds is 4. The van der Waals surface area contributed by atoms with E-state index in [0.29, 0.717) is 25.9 Å². The van der Waals surface area contributed by atoms with E-state index in [4.69, 9.17) is 5.26 Å². The van der Waals surface area contributed by atoms with Gasteiger partial charge in [-0.15, -0.1) is 0 Å². The molecule has 1 rings (SSSR count). The van der Waals surface area contributed by atoms with Gasteiger partial charge in [0, 0.05) is 13.1 Å². The molecule has 1 amide bonds. The minimum atomic E-state index is -0.814. The van der Waals surface area contributed by atoms with Crippen LogP contribution in [0.4, 0.5) is 0 Å². The number of amides is 1. The molecular formula is C13H19N3O. The third-order valence-electron chi connectivity index (χ3n) is 3.46. The van der Waals surface area contributed by atoms with Gasteiger partial charge in [-0.25, -0.2) is 0 Å². The van der Waals surface area contributed by atoms with Crippen LogP contribution in [0.1, 0.15) is 39.5 Å². The number of hydrogen-bond acceptors (Lipinski definition) is 3. The molecule has 0 radical (unpaired) electrons. The second-order valence-electron chi connectivity index (χ2n) is 4.77. The average Bonchev–Trinajstić information content (AvgIpc) is 2.84. The topological polar surface area (TPSA) is 67.9 Å². The van der Waals surface area contributed by atoms with Crippen LogP contribution in [-0.2, 0) is 4.79 Å². The first-order chi connectivity index (χ1) is 8.09. The van der Waals surface area contributed by atoms with Crippen molar-refractivity contribution in [2.45, 2.75) is 39.5 Å². The van der Waals surface area contributed by atoms with Crippen LogP contribution in [0.3, 0.4) is 0 Å². The van der Waals surface area contributed by atoms with Crippen LogP contribution in [-0.4, -0.2) is 23.9 Å². The summed E-state index contributed by atoms with van der Waals surface area (Å²) in [6.45, 7) is 4.68. The summed E-state index contributed by atoms with van der Waals surface area (Å²) in [6.07, 6.45) is 3.23. The molecular weight excluding hydrogens is 214 g/mol. The Hall–Kier alpha value is -1.55. The fraction of sp³-hybridized carbons (Fsp3) is 0.769. The predicted octanol–water partition coefficient (Wildman–Crippen LogP) is 2.08. The van der Waals surface area contributed by atoms with Gasteiger partial charge in [-0.2, -0.15) is 10.5 Å². The Bertz CT molecular complexity index is 358. The summed E-state index contributed by atoms with van der Waals surface area (Å²) in [6, 6.07) is 4.34. The van der Waals surface area contributed by atoms with Crippen molar-refractivity contribution >= 4 is 5.91 Å². The smallest absolute Gasteiger partial charge is 0.243 e. The molecule has 0 aromatic heterocycles. The maximum atomic E-state index is 12.4. The van der Waals surface area contributed by atoms with E-state index in [1.807, 2.05) is 6.92 Å². The van der Waals surface area contributed by atoms with Crippen molar-refractivity contribution in [3.8, 4) is 12.1 Å². The highest BCUT2D eigenvalue weighted by molar-refractivity contribution is 5.85. The SMILES string of the molecule is CCN(CC(C)C#N)C(=O)C1(C#N)CCCC1. The molecule has 92 valence electrons. The minimum Gasteiger partial charge on any atom is -0.340 e. The third-order valence-corrected chi connectivity index (χ3v) is 3.46. The molecule has 17 heavy (non-hydrogen) atoms. The van der Waals surface area contributed by atoms with Crippen molar-refractivity contribution in [1.29, 1.82) is 10.5 Å². The summed E-state index contributed by atoms with van der Waals surface area (Å²) >= 11 is 0. The third kappa shape index (κ3) is 2.77. The lowest BCUT2D eigenvalue weighted by molar-refractivity contribution is -0.139. The van der Waals surface area contributed by atoms with Gasteiger partial charge < -0.3 is 4.90 Å². The van der Waals surface area contributed by atoms with Crippen LogP contribution >= 0.6 is 0 Å². The van der Waals surface area contributed by atoms with Crippen molar-refractivity contribution in [3.05, 3.63) is 0 Å². The Balaban J connectivity index is 2.79. The van der Waals surface area contributed by atoms with Gasteiger partial charge in [-0.1, -0.05) is 12.8 Å². The molecule has 1 aliphatic rings. The molecule has 0 aromatic rings. The number of hydrogen-bond donors (Lipinski definition) is 0. The first-order valence-electron chi connectivity index (χ1n) is 6.20. The summed E-state index contributed by atoms with van der Waals surface area (Å²) in [7, 11) is 0. The fourth-order valence-corrected chi connectivity index (χ4v) is 2.38. The number of carbonyl (C=O) groups is 1. The molecule has 0 aromatic carbocycles.